The number of nitrogens with zero attached hydrogens (tertiary/aromatic N) is 3. The minimum atomic E-state index is -0.0881. The van der Waals surface area contributed by atoms with Crippen LogP contribution in [0.5, 0.6) is 0 Å². The summed E-state index contributed by atoms with van der Waals surface area (Å²) < 4.78 is 5.37. The van der Waals surface area contributed by atoms with Crippen molar-refractivity contribution in [1.82, 2.24) is 19.9 Å². The van der Waals surface area contributed by atoms with Crippen molar-refractivity contribution in [3.63, 3.8) is 0 Å². The van der Waals surface area contributed by atoms with Gasteiger partial charge in [0.2, 0.25) is 0 Å². The summed E-state index contributed by atoms with van der Waals surface area (Å²) in [4.78, 5) is 28.5. The number of thiazole rings is 1. The van der Waals surface area contributed by atoms with Crippen LogP contribution >= 0.6 is 11.3 Å². The van der Waals surface area contributed by atoms with Gasteiger partial charge in [-0.15, -0.1) is 11.3 Å². The number of aromatic nitrogens is 3. The van der Waals surface area contributed by atoms with Crippen molar-refractivity contribution in [3.05, 3.63) is 80.2 Å². The Morgan fingerprint density at radius 3 is 2.83 bits per heavy atom. The molecule has 0 unspecified atom stereocenters. The summed E-state index contributed by atoms with van der Waals surface area (Å²) in [7, 11) is 0. The lowest BCUT2D eigenvalue weighted by Crippen LogP contribution is -2.35. The lowest BCUT2D eigenvalue weighted by atomic mass is 10.1. The van der Waals surface area contributed by atoms with Crippen LogP contribution in [0, 0.1) is 6.92 Å². The lowest BCUT2D eigenvalue weighted by molar-refractivity contribution is 0.244. The zero-order valence-corrected chi connectivity index (χ0v) is 16.8. The third-order valence-corrected chi connectivity index (χ3v) is 6.08. The van der Waals surface area contributed by atoms with Gasteiger partial charge in [-0.05, 0) is 19.1 Å². The Morgan fingerprint density at radius 2 is 2.03 bits per heavy atom. The Kier molecular flexibility index (Phi) is 4.61. The van der Waals surface area contributed by atoms with Gasteiger partial charge in [0, 0.05) is 36.5 Å². The van der Waals surface area contributed by atoms with E-state index in [0.717, 1.165) is 47.0 Å². The molecular formula is C22H20N4O2S. The monoisotopic (exact) mass is 404 g/mol. The Bertz CT molecular complexity index is 1200. The molecule has 5 rings (SSSR count). The van der Waals surface area contributed by atoms with Crippen molar-refractivity contribution >= 4 is 11.3 Å². The summed E-state index contributed by atoms with van der Waals surface area (Å²) in [5.41, 5.74) is 3.69. The number of furan rings is 1. The Balaban J connectivity index is 1.41. The van der Waals surface area contributed by atoms with Crippen molar-refractivity contribution < 1.29 is 4.42 Å². The molecule has 0 saturated heterocycles. The predicted molar refractivity (Wildman–Crippen MR) is 113 cm³/mol. The van der Waals surface area contributed by atoms with E-state index < -0.39 is 0 Å². The molecule has 6 nitrogen and oxygen atoms in total. The number of hydrogen-bond donors (Lipinski definition) is 1. The lowest BCUT2D eigenvalue weighted by Gasteiger charge is -2.27. The van der Waals surface area contributed by atoms with E-state index in [-0.39, 0.29) is 5.56 Å². The molecule has 146 valence electrons. The smallest absolute Gasteiger partial charge is 0.256 e. The van der Waals surface area contributed by atoms with E-state index in [1.165, 1.54) is 4.88 Å². The number of H-pyrrole nitrogens is 1. The number of rotatable bonds is 4. The fourth-order valence-electron chi connectivity index (χ4n) is 3.75. The van der Waals surface area contributed by atoms with Gasteiger partial charge in [0.1, 0.15) is 0 Å². The molecule has 1 aromatic carbocycles. The fraction of sp³-hybridized carbons (Fsp3) is 0.227. The second-order valence-electron chi connectivity index (χ2n) is 7.15. The van der Waals surface area contributed by atoms with Gasteiger partial charge in [-0.25, -0.2) is 9.97 Å². The summed E-state index contributed by atoms with van der Waals surface area (Å²) >= 11 is 1.72. The van der Waals surface area contributed by atoms with E-state index in [1.54, 1.807) is 29.7 Å². The highest BCUT2D eigenvalue weighted by atomic mass is 32.1. The molecule has 4 heterocycles. The minimum absolute atomic E-state index is 0.0881. The van der Waals surface area contributed by atoms with Gasteiger partial charge in [-0.2, -0.15) is 0 Å². The van der Waals surface area contributed by atoms with Gasteiger partial charge in [0.15, 0.2) is 11.6 Å². The average molecular weight is 404 g/mol. The molecule has 0 radical (unpaired) electrons. The van der Waals surface area contributed by atoms with Gasteiger partial charge in [-0.3, -0.25) is 9.69 Å². The van der Waals surface area contributed by atoms with E-state index in [1.807, 2.05) is 25.1 Å². The molecule has 7 heteroatoms. The molecular weight excluding hydrogens is 384 g/mol. The molecule has 3 aromatic heterocycles. The first kappa shape index (κ1) is 18.0. The maximum absolute atomic E-state index is 12.7. The van der Waals surface area contributed by atoms with Crippen LogP contribution in [-0.4, -0.2) is 26.4 Å². The second kappa shape index (κ2) is 7.42. The maximum atomic E-state index is 12.7. The van der Waals surface area contributed by atoms with Gasteiger partial charge < -0.3 is 9.40 Å². The van der Waals surface area contributed by atoms with Crippen molar-refractivity contribution in [2.24, 2.45) is 0 Å². The molecule has 0 atom stereocenters. The number of benzene rings is 1. The number of aromatic amines is 1. The van der Waals surface area contributed by atoms with Crippen LogP contribution < -0.4 is 5.56 Å². The van der Waals surface area contributed by atoms with Gasteiger partial charge >= 0.3 is 0 Å². The third kappa shape index (κ3) is 3.54. The van der Waals surface area contributed by atoms with Crippen LogP contribution in [0.25, 0.3) is 22.8 Å². The second-order valence-corrected chi connectivity index (χ2v) is 8.44. The van der Waals surface area contributed by atoms with Crippen molar-refractivity contribution in [3.8, 4) is 22.8 Å². The van der Waals surface area contributed by atoms with Crippen molar-refractivity contribution in [2.75, 3.05) is 6.54 Å². The number of hydrogen-bond acceptors (Lipinski definition) is 6. The van der Waals surface area contributed by atoms with Crippen LogP contribution in [0.4, 0.5) is 0 Å². The fourth-order valence-corrected chi connectivity index (χ4v) is 4.75. The average Bonchev–Trinajstić information content (AvgIpc) is 3.39. The Morgan fingerprint density at radius 1 is 1.17 bits per heavy atom. The molecule has 1 aliphatic heterocycles. The van der Waals surface area contributed by atoms with Gasteiger partial charge in [0.05, 0.1) is 28.2 Å². The van der Waals surface area contributed by atoms with Gasteiger partial charge in [0.25, 0.3) is 5.56 Å². The maximum Gasteiger partial charge on any atom is 0.256 e. The van der Waals surface area contributed by atoms with E-state index in [9.17, 15) is 4.79 Å². The number of nitrogens with one attached hydrogen (secondary N) is 1. The molecule has 0 spiro atoms. The Hall–Kier alpha value is -3.03. The summed E-state index contributed by atoms with van der Waals surface area (Å²) in [6.07, 6.45) is 2.32. The molecule has 4 aromatic rings. The standard InChI is InChI=1S/C22H20N4O2S/c1-14-23-20(15-6-3-2-4-7-15)19(29-14)13-26-10-9-17-16(12-26)22(27)25-21(24-17)18-8-5-11-28-18/h2-8,11H,9-10,12-13H2,1H3,(H,24,25,27). The topological polar surface area (TPSA) is 75.0 Å². The van der Waals surface area contributed by atoms with E-state index >= 15 is 0 Å². The van der Waals surface area contributed by atoms with Crippen LogP contribution in [-0.2, 0) is 19.5 Å². The molecule has 0 aliphatic carbocycles. The summed E-state index contributed by atoms with van der Waals surface area (Å²) in [5.74, 6) is 1.08. The third-order valence-electron chi connectivity index (χ3n) is 5.12. The van der Waals surface area contributed by atoms with Crippen LogP contribution in [0.2, 0.25) is 0 Å². The molecule has 0 saturated carbocycles. The van der Waals surface area contributed by atoms with E-state index in [2.05, 4.69) is 27.0 Å². The molecule has 0 fully saturated rings. The van der Waals surface area contributed by atoms with Crippen molar-refractivity contribution in [2.45, 2.75) is 26.4 Å². The SMILES string of the molecule is Cc1nc(-c2ccccc2)c(CN2CCc3nc(-c4ccco4)[nH]c(=O)c3C2)s1. The summed E-state index contributed by atoms with van der Waals surface area (Å²) in [6, 6.07) is 13.9. The highest BCUT2D eigenvalue weighted by Gasteiger charge is 2.24. The zero-order valence-electron chi connectivity index (χ0n) is 16.0. The van der Waals surface area contributed by atoms with Crippen LogP contribution in [0.3, 0.4) is 0 Å². The van der Waals surface area contributed by atoms with Crippen LogP contribution in [0.1, 0.15) is 21.1 Å². The predicted octanol–water partition coefficient (Wildman–Crippen LogP) is 4.02. The largest absolute Gasteiger partial charge is 0.461 e. The molecule has 0 amide bonds. The van der Waals surface area contributed by atoms with E-state index in [0.29, 0.717) is 18.1 Å². The highest BCUT2D eigenvalue weighted by Crippen LogP contribution is 2.30. The molecule has 1 aliphatic rings. The highest BCUT2D eigenvalue weighted by molar-refractivity contribution is 7.12. The van der Waals surface area contributed by atoms with E-state index in [4.69, 9.17) is 9.40 Å². The van der Waals surface area contributed by atoms with Crippen molar-refractivity contribution in [1.29, 1.82) is 0 Å². The van der Waals surface area contributed by atoms with Gasteiger partial charge in [-0.1, -0.05) is 30.3 Å². The number of fused-ring (bicyclic) bond motifs is 1. The Labute approximate surface area is 171 Å². The zero-order chi connectivity index (χ0) is 19.8. The normalized spacial score (nSPS) is 14.1. The molecule has 29 heavy (non-hydrogen) atoms. The quantitative estimate of drug-likeness (QED) is 0.556. The first-order valence-corrected chi connectivity index (χ1v) is 10.4. The summed E-state index contributed by atoms with van der Waals surface area (Å²) in [6.45, 7) is 4.25. The first-order valence-electron chi connectivity index (χ1n) is 9.57. The summed E-state index contributed by atoms with van der Waals surface area (Å²) in [5, 5.41) is 1.05. The molecule has 1 N–H and O–H groups in total. The van der Waals surface area contributed by atoms with Crippen LogP contribution in [0.15, 0.2) is 57.9 Å². The molecule has 0 bridgehead atoms. The minimum Gasteiger partial charge on any atom is -0.461 e. The first-order chi connectivity index (χ1) is 14.2. The number of aryl methyl sites for hydroxylation is 1.